The van der Waals surface area contributed by atoms with Gasteiger partial charge in [-0.2, -0.15) is 0 Å². The van der Waals surface area contributed by atoms with E-state index in [1.54, 1.807) is 0 Å². The lowest BCUT2D eigenvalue weighted by atomic mass is 10.1. The van der Waals surface area contributed by atoms with E-state index in [-0.39, 0.29) is 6.04 Å². The molecule has 0 bridgehead atoms. The van der Waals surface area contributed by atoms with Gasteiger partial charge in [-0.1, -0.05) is 16.8 Å². The standard InChI is InChI=1S/C12H13ClN2O/c1-8(14)6-11-7-12(16-15-11)9-2-4-10(13)5-3-9/h2-5,7-8H,6,14H2,1H3. The van der Waals surface area contributed by atoms with Crippen molar-refractivity contribution in [3.63, 3.8) is 0 Å². The minimum absolute atomic E-state index is 0.0863. The van der Waals surface area contributed by atoms with Crippen LogP contribution in [0.4, 0.5) is 0 Å². The second-order valence-corrected chi connectivity index (χ2v) is 4.31. The highest BCUT2D eigenvalue weighted by Gasteiger charge is 2.07. The van der Waals surface area contributed by atoms with Crippen LogP contribution in [0.1, 0.15) is 12.6 Å². The van der Waals surface area contributed by atoms with Gasteiger partial charge in [-0.15, -0.1) is 0 Å². The summed E-state index contributed by atoms with van der Waals surface area (Å²) in [7, 11) is 0. The lowest BCUT2D eigenvalue weighted by Gasteiger charge is -1.97. The number of benzene rings is 1. The molecule has 16 heavy (non-hydrogen) atoms. The molecule has 0 fully saturated rings. The second-order valence-electron chi connectivity index (χ2n) is 3.87. The van der Waals surface area contributed by atoms with Gasteiger partial charge in [0.1, 0.15) is 0 Å². The van der Waals surface area contributed by atoms with Crippen molar-refractivity contribution in [2.75, 3.05) is 0 Å². The number of aromatic nitrogens is 1. The molecule has 4 heteroatoms. The molecule has 0 saturated heterocycles. The molecule has 3 nitrogen and oxygen atoms in total. The molecule has 1 atom stereocenters. The molecule has 0 saturated carbocycles. The Morgan fingerprint density at radius 3 is 2.69 bits per heavy atom. The van der Waals surface area contributed by atoms with Crippen LogP contribution in [0.5, 0.6) is 0 Å². The van der Waals surface area contributed by atoms with Gasteiger partial charge < -0.3 is 10.3 Å². The number of nitrogens with zero attached hydrogens (tertiary/aromatic N) is 1. The monoisotopic (exact) mass is 236 g/mol. The van der Waals surface area contributed by atoms with Gasteiger partial charge in [0, 0.05) is 29.1 Å². The van der Waals surface area contributed by atoms with Gasteiger partial charge in [0.05, 0.1) is 5.69 Å². The van der Waals surface area contributed by atoms with Crippen LogP contribution in [0.25, 0.3) is 11.3 Å². The van der Waals surface area contributed by atoms with E-state index >= 15 is 0 Å². The molecule has 0 spiro atoms. The fourth-order valence-electron chi connectivity index (χ4n) is 1.49. The topological polar surface area (TPSA) is 52.0 Å². The number of nitrogens with two attached hydrogens (primary N) is 1. The van der Waals surface area contributed by atoms with E-state index < -0.39 is 0 Å². The van der Waals surface area contributed by atoms with Crippen molar-refractivity contribution in [1.29, 1.82) is 0 Å². The largest absolute Gasteiger partial charge is 0.356 e. The Kier molecular flexibility index (Phi) is 3.27. The van der Waals surface area contributed by atoms with Crippen LogP contribution >= 0.6 is 11.6 Å². The van der Waals surface area contributed by atoms with E-state index in [0.717, 1.165) is 23.4 Å². The average Bonchev–Trinajstić information content (AvgIpc) is 2.66. The van der Waals surface area contributed by atoms with Gasteiger partial charge in [0.2, 0.25) is 0 Å². The first kappa shape index (κ1) is 11.2. The summed E-state index contributed by atoms with van der Waals surface area (Å²) in [5.74, 6) is 0.743. The minimum atomic E-state index is 0.0863. The zero-order chi connectivity index (χ0) is 11.5. The molecule has 1 unspecified atom stereocenters. The van der Waals surface area contributed by atoms with E-state index in [1.807, 2.05) is 37.3 Å². The summed E-state index contributed by atoms with van der Waals surface area (Å²) in [6, 6.07) is 9.45. The second kappa shape index (κ2) is 4.68. The predicted octanol–water partition coefficient (Wildman–Crippen LogP) is 2.88. The highest BCUT2D eigenvalue weighted by Crippen LogP contribution is 2.22. The summed E-state index contributed by atoms with van der Waals surface area (Å²) in [5, 5.41) is 4.67. The highest BCUT2D eigenvalue weighted by molar-refractivity contribution is 6.30. The normalized spacial score (nSPS) is 12.7. The van der Waals surface area contributed by atoms with Crippen molar-refractivity contribution in [2.45, 2.75) is 19.4 Å². The van der Waals surface area contributed by atoms with Crippen LogP contribution in [0.15, 0.2) is 34.9 Å². The predicted molar refractivity (Wildman–Crippen MR) is 64.3 cm³/mol. The van der Waals surface area contributed by atoms with Crippen LogP contribution in [0.3, 0.4) is 0 Å². The van der Waals surface area contributed by atoms with Crippen LogP contribution < -0.4 is 5.73 Å². The number of halogens is 1. The van der Waals surface area contributed by atoms with Crippen molar-refractivity contribution in [3.8, 4) is 11.3 Å². The smallest absolute Gasteiger partial charge is 0.167 e. The van der Waals surface area contributed by atoms with Crippen molar-refractivity contribution in [2.24, 2.45) is 5.73 Å². The van der Waals surface area contributed by atoms with E-state index in [2.05, 4.69) is 5.16 Å². The van der Waals surface area contributed by atoms with E-state index in [0.29, 0.717) is 5.02 Å². The number of hydrogen-bond acceptors (Lipinski definition) is 3. The lowest BCUT2D eigenvalue weighted by molar-refractivity contribution is 0.421. The van der Waals surface area contributed by atoms with Crippen molar-refractivity contribution < 1.29 is 4.52 Å². The quantitative estimate of drug-likeness (QED) is 0.892. The molecule has 1 heterocycles. The summed E-state index contributed by atoms with van der Waals surface area (Å²) in [5.41, 5.74) is 7.53. The fraction of sp³-hybridized carbons (Fsp3) is 0.250. The number of rotatable bonds is 3. The summed E-state index contributed by atoms with van der Waals surface area (Å²) in [6.45, 7) is 1.94. The molecule has 2 rings (SSSR count). The van der Waals surface area contributed by atoms with E-state index in [1.165, 1.54) is 0 Å². The average molecular weight is 237 g/mol. The molecule has 2 N–H and O–H groups in total. The van der Waals surface area contributed by atoms with Crippen LogP contribution in [0, 0.1) is 0 Å². The van der Waals surface area contributed by atoms with Crippen molar-refractivity contribution >= 4 is 11.6 Å². The van der Waals surface area contributed by atoms with E-state index in [4.69, 9.17) is 21.9 Å². The molecular formula is C12H13ClN2O. The van der Waals surface area contributed by atoms with Crippen LogP contribution in [-0.2, 0) is 6.42 Å². The Morgan fingerprint density at radius 2 is 2.06 bits per heavy atom. The molecule has 2 aromatic rings. The molecule has 1 aromatic carbocycles. The minimum Gasteiger partial charge on any atom is -0.356 e. The fourth-order valence-corrected chi connectivity index (χ4v) is 1.61. The SMILES string of the molecule is CC(N)Cc1cc(-c2ccc(Cl)cc2)on1. The Labute approximate surface area is 99.2 Å². The third-order valence-electron chi connectivity index (χ3n) is 2.22. The van der Waals surface area contributed by atoms with Gasteiger partial charge in [-0.3, -0.25) is 0 Å². The number of hydrogen-bond donors (Lipinski definition) is 1. The Hall–Kier alpha value is -1.32. The highest BCUT2D eigenvalue weighted by atomic mass is 35.5. The first-order chi connectivity index (χ1) is 7.65. The molecule has 0 aliphatic rings. The zero-order valence-electron chi connectivity index (χ0n) is 8.98. The van der Waals surface area contributed by atoms with Gasteiger partial charge in [0.25, 0.3) is 0 Å². The van der Waals surface area contributed by atoms with Crippen LogP contribution in [0.2, 0.25) is 5.02 Å². The lowest BCUT2D eigenvalue weighted by Crippen LogP contribution is -2.17. The summed E-state index contributed by atoms with van der Waals surface area (Å²) >= 11 is 5.81. The molecule has 1 aromatic heterocycles. The maximum Gasteiger partial charge on any atom is 0.167 e. The first-order valence-corrected chi connectivity index (χ1v) is 5.50. The Morgan fingerprint density at radius 1 is 1.38 bits per heavy atom. The molecule has 84 valence electrons. The van der Waals surface area contributed by atoms with Gasteiger partial charge in [-0.25, -0.2) is 0 Å². The molecule has 0 aliphatic carbocycles. The third-order valence-corrected chi connectivity index (χ3v) is 2.47. The summed E-state index contributed by atoms with van der Waals surface area (Å²) < 4.78 is 5.24. The molecule has 0 amide bonds. The van der Waals surface area contributed by atoms with Crippen LogP contribution in [-0.4, -0.2) is 11.2 Å². The molecule has 0 radical (unpaired) electrons. The zero-order valence-corrected chi connectivity index (χ0v) is 9.74. The Balaban J connectivity index is 2.21. The molecule has 0 aliphatic heterocycles. The third kappa shape index (κ3) is 2.62. The maximum absolute atomic E-state index is 5.81. The van der Waals surface area contributed by atoms with Crippen molar-refractivity contribution in [1.82, 2.24) is 5.16 Å². The van der Waals surface area contributed by atoms with Crippen molar-refractivity contribution in [3.05, 3.63) is 41.0 Å². The summed E-state index contributed by atoms with van der Waals surface area (Å²) in [6.07, 6.45) is 0.719. The van der Waals surface area contributed by atoms with Gasteiger partial charge >= 0.3 is 0 Å². The Bertz CT molecular complexity index is 462. The van der Waals surface area contributed by atoms with E-state index in [9.17, 15) is 0 Å². The molecular weight excluding hydrogens is 224 g/mol. The maximum atomic E-state index is 5.81. The van der Waals surface area contributed by atoms with Gasteiger partial charge in [0.15, 0.2) is 5.76 Å². The summed E-state index contributed by atoms with van der Waals surface area (Å²) in [4.78, 5) is 0. The first-order valence-electron chi connectivity index (χ1n) is 5.12. The van der Waals surface area contributed by atoms with Gasteiger partial charge in [-0.05, 0) is 31.2 Å².